The van der Waals surface area contributed by atoms with E-state index in [9.17, 15) is 0 Å². The van der Waals surface area contributed by atoms with Gasteiger partial charge in [-0.3, -0.25) is 0 Å². The van der Waals surface area contributed by atoms with Crippen molar-refractivity contribution in [2.45, 2.75) is 45.4 Å². The van der Waals surface area contributed by atoms with Crippen molar-refractivity contribution < 1.29 is 0 Å². The highest BCUT2D eigenvalue weighted by molar-refractivity contribution is 7.80. The van der Waals surface area contributed by atoms with Gasteiger partial charge >= 0.3 is 0 Å². The summed E-state index contributed by atoms with van der Waals surface area (Å²) in [6.45, 7) is 2.39. The lowest BCUT2D eigenvalue weighted by molar-refractivity contribution is 0.346. The van der Waals surface area contributed by atoms with Crippen LogP contribution in [-0.4, -0.2) is 5.75 Å². The van der Waals surface area contributed by atoms with Crippen LogP contribution in [0.25, 0.3) is 0 Å². The molecule has 1 aliphatic rings. The fourth-order valence-electron chi connectivity index (χ4n) is 1.92. The molecule has 0 N–H and O–H groups in total. The zero-order valence-corrected chi connectivity index (χ0v) is 8.45. The maximum absolute atomic E-state index is 4.38. The second kappa shape index (κ2) is 5.08. The van der Waals surface area contributed by atoms with Gasteiger partial charge in [0.05, 0.1) is 0 Å². The van der Waals surface area contributed by atoms with Crippen LogP contribution in [0.3, 0.4) is 0 Å². The first-order chi connectivity index (χ1) is 5.33. The fraction of sp³-hybridized carbons (Fsp3) is 1.00. The smallest absolute Gasteiger partial charge is 0.00695 e. The maximum Gasteiger partial charge on any atom is -0.00695 e. The van der Waals surface area contributed by atoms with Gasteiger partial charge in [-0.2, -0.15) is 12.6 Å². The Balaban J connectivity index is 2.25. The van der Waals surface area contributed by atoms with Crippen LogP contribution in [0.1, 0.15) is 45.4 Å². The van der Waals surface area contributed by atoms with E-state index in [0.717, 1.165) is 17.6 Å². The summed E-state index contributed by atoms with van der Waals surface area (Å²) in [4.78, 5) is 0. The highest BCUT2D eigenvalue weighted by Crippen LogP contribution is 2.26. The molecule has 11 heavy (non-hydrogen) atoms. The third kappa shape index (κ3) is 3.50. The first kappa shape index (κ1) is 9.44. The molecule has 0 amide bonds. The van der Waals surface area contributed by atoms with Crippen LogP contribution in [0.15, 0.2) is 0 Å². The van der Waals surface area contributed by atoms with E-state index >= 15 is 0 Å². The predicted molar refractivity (Wildman–Crippen MR) is 54.2 cm³/mol. The Morgan fingerprint density at radius 3 is 2.55 bits per heavy atom. The van der Waals surface area contributed by atoms with Crippen LogP contribution in [0.5, 0.6) is 0 Å². The summed E-state index contributed by atoms with van der Waals surface area (Å²) >= 11 is 4.38. The lowest BCUT2D eigenvalue weighted by Gasteiger charge is -2.21. The van der Waals surface area contributed by atoms with Crippen LogP contribution >= 0.6 is 12.6 Å². The van der Waals surface area contributed by atoms with Crippen molar-refractivity contribution in [3.63, 3.8) is 0 Å². The topological polar surface area (TPSA) is 0 Å². The molecule has 0 spiro atoms. The van der Waals surface area contributed by atoms with E-state index in [-0.39, 0.29) is 0 Å². The van der Waals surface area contributed by atoms with E-state index in [2.05, 4.69) is 19.6 Å². The summed E-state index contributed by atoms with van der Waals surface area (Å²) in [6.07, 6.45) is 8.63. The van der Waals surface area contributed by atoms with Crippen molar-refractivity contribution in [3.8, 4) is 0 Å². The molecule has 1 saturated carbocycles. The third-order valence-electron chi connectivity index (χ3n) is 2.89. The minimum Gasteiger partial charge on any atom is -0.179 e. The zero-order valence-electron chi connectivity index (χ0n) is 7.55. The molecule has 0 radical (unpaired) electrons. The van der Waals surface area contributed by atoms with E-state index in [0.29, 0.717) is 0 Å². The zero-order chi connectivity index (χ0) is 8.10. The number of hydrogen-bond donors (Lipinski definition) is 1. The molecule has 0 bridgehead atoms. The van der Waals surface area contributed by atoms with Gasteiger partial charge in [0.25, 0.3) is 0 Å². The van der Waals surface area contributed by atoms with Gasteiger partial charge in [-0.1, -0.05) is 32.6 Å². The van der Waals surface area contributed by atoms with Gasteiger partial charge in [-0.25, -0.2) is 0 Å². The Morgan fingerprint density at radius 1 is 1.09 bits per heavy atom. The molecule has 1 heteroatoms. The van der Waals surface area contributed by atoms with Gasteiger partial charge in [0.15, 0.2) is 0 Å². The standard InChI is InChI=1S/C10H20S/c1-9-4-2-3-5-10(8-11)7-6-9/h9-11H,2-8H2,1H3. The highest BCUT2D eigenvalue weighted by Gasteiger charge is 2.12. The van der Waals surface area contributed by atoms with Crippen LogP contribution in [-0.2, 0) is 0 Å². The van der Waals surface area contributed by atoms with Gasteiger partial charge < -0.3 is 0 Å². The molecule has 0 heterocycles. The second-order valence-electron chi connectivity index (χ2n) is 4.02. The fourth-order valence-corrected chi connectivity index (χ4v) is 2.28. The third-order valence-corrected chi connectivity index (χ3v) is 3.40. The van der Waals surface area contributed by atoms with E-state index in [4.69, 9.17) is 0 Å². The first-order valence-electron chi connectivity index (χ1n) is 4.93. The summed E-state index contributed by atoms with van der Waals surface area (Å²) < 4.78 is 0. The molecule has 0 nitrogen and oxygen atoms in total. The van der Waals surface area contributed by atoms with Gasteiger partial charge in [0.2, 0.25) is 0 Å². The molecule has 2 atom stereocenters. The molecule has 0 aromatic carbocycles. The Kier molecular flexibility index (Phi) is 4.36. The van der Waals surface area contributed by atoms with Gasteiger partial charge in [0.1, 0.15) is 0 Å². The van der Waals surface area contributed by atoms with Gasteiger partial charge in [-0.15, -0.1) is 0 Å². The lowest BCUT2D eigenvalue weighted by atomic mass is 9.87. The van der Waals surface area contributed by atoms with E-state index in [1.54, 1.807) is 0 Å². The Hall–Kier alpha value is 0.350. The minimum absolute atomic E-state index is 0.918. The van der Waals surface area contributed by atoms with Gasteiger partial charge in [-0.05, 0) is 30.4 Å². The Bertz CT molecular complexity index is 101. The molecule has 2 unspecified atom stereocenters. The van der Waals surface area contributed by atoms with Crippen LogP contribution < -0.4 is 0 Å². The summed E-state index contributed by atoms with van der Waals surface area (Å²) in [5.41, 5.74) is 0. The van der Waals surface area contributed by atoms with E-state index in [1.807, 2.05) is 0 Å². The van der Waals surface area contributed by atoms with Crippen LogP contribution in [0, 0.1) is 11.8 Å². The molecular weight excluding hydrogens is 152 g/mol. The van der Waals surface area contributed by atoms with Gasteiger partial charge in [0, 0.05) is 0 Å². The van der Waals surface area contributed by atoms with Crippen molar-refractivity contribution in [2.75, 3.05) is 5.75 Å². The molecule has 0 aromatic heterocycles. The molecular formula is C10H20S. The Morgan fingerprint density at radius 2 is 1.82 bits per heavy atom. The number of thiol groups is 1. The quantitative estimate of drug-likeness (QED) is 0.575. The van der Waals surface area contributed by atoms with Crippen molar-refractivity contribution in [2.24, 2.45) is 11.8 Å². The molecule has 0 aliphatic heterocycles. The van der Waals surface area contributed by atoms with Crippen LogP contribution in [0.2, 0.25) is 0 Å². The van der Waals surface area contributed by atoms with Crippen molar-refractivity contribution in [3.05, 3.63) is 0 Å². The van der Waals surface area contributed by atoms with E-state index in [1.165, 1.54) is 38.5 Å². The largest absolute Gasteiger partial charge is 0.179 e. The van der Waals surface area contributed by atoms with E-state index < -0.39 is 0 Å². The van der Waals surface area contributed by atoms with Crippen molar-refractivity contribution in [1.29, 1.82) is 0 Å². The monoisotopic (exact) mass is 172 g/mol. The molecule has 1 rings (SSSR count). The summed E-state index contributed by atoms with van der Waals surface area (Å²) in [7, 11) is 0. The summed E-state index contributed by atoms with van der Waals surface area (Å²) in [6, 6.07) is 0. The van der Waals surface area contributed by atoms with Crippen LogP contribution in [0.4, 0.5) is 0 Å². The number of rotatable bonds is 1. The SMILES string of the molecule is CC1CCCCC(CS)CC1. The molecule has 0 saturated heterocycles. The molecule has 1 aliphatic carbocycles. The maximum atomic E-state index is 4.38. The molecule has 0 aromatic rings. The lowest BCUT2D eigenvalue weighted by Crippen LogP contribution is -2.09. The molecule has 66 valence electrons. The summed E-state index contributed by atoms with van der Waals surface area (Å²) in [5.74, 6) is 2.99. The highest BCUT2D eigenvalue weighted by atomic mass is 32.1. The normalized spacial score (nSPS) is 34.4. The second-order valence-corrected chi connectivity index (χ2v) is 4.38. The average Bonchev–Trinajstić information content (AvgIpc) is 1.98. The number of hydrogen-bond acceptors (Lipinski definition) is 1. The van der Waals surface area contributed by atoms with Crippen molar-refractivity contribution in [1.82, 2.24) is 0 Å². The Labute approximate surface area is 76.2 Å². The minimum atomic E-state index is 0.918. The summed E-state index contributed by atoms with van der Waals surface area (Å²) in [5, 5.41) is 0. The van der Waals surface area contributed by atoms with Crippen molar-refractivity contribution >= 4 is 12.6 Å². The average molecular weight is 172 g/mol. The molecule has 1 fully saturated rings. The first-order valence-corrected chi connectivity index (χ1v) is 5.57. The predicted octanol–water partition coefficient (Wildman–Crippen LogP) is 3.52.